The molecule has 1 heterocycles. The molecule has 0 amide bonds. The van der Waals surface area contributed by atoms with Gasteiger partial charge in [0.25, 0.3) is 0 Å². The Labute approximate surface area is 111 Å². The normalized spacial score (nSPS) is 12.1. The number of hydrogen-bond acceptors (Lipinski definition) is 5. The summed E-state index contributed by atoms with van der Waals surface area (Å²) >= 11 is 10.6. The Hall–Kier alpha value is 0.310. The van der Waals surface area contributed by atoms with Gasteiger partial charge in [-0.25, -0.2) is 0 Å². The summed E-state index contributed by atoms with van der Waals surface area (Å²) in [4.78, 5) is 0.955. The van der Waals surface area contributed by atoms with E-state index in [2.05, 4.69) is 21.2 Å². The molecule has 0 radical (unpaired) electrons. The van der Waals surface area contributed by atoms with Gasteiger partial charge in [-0.2, -0.15) is 0 Å². The second-order valence-corrected chi connectivity index (χ2v) is 6.04. The van der Waals surface area contributed by atoms with Crippen LogP contribution in [0.15, 0.2) is 10.5 Å². The molecule has 7 heteroatoms. The average Bonchev–Trinajstić information content (AvgIpc) is 2.61. The lowest BCUT2D eigenvalue weighted by Gasteiger charge is -2.28. The molecule has 0 saturated carbocycles. The predicted octanol–water partition coefficient (Wildman–Crippen LogP) is 0.969. The van der Waals surface area contributed by atoms with Gasteiger partial charge >= 0.3 is 0 Å². The number of hydrogen-bond donors (Lipinski definition) is 4. The van der Waals surface area contributed by atoms with Crippen LogP contribution in [-0.2, 0) is 6.54 Å². The topological polar surface area (TPSA) is 72.7 Å². The summed E-state index contributed by atoms with van der Waals surface area (Å²) < 4.78 is 1.47. The van der Waals surface area contributed by atoms with Crippen molar-refractivity contribution < 1.29 is 15.3 Å². The SMILES string of the molecule is OCC(CO)(CO)NCc1cc(Br)c(Cl)s1. The summed E-state index contributed by atoms with van der Waals surface area (Å²) in [6.45, 7) is -0.571. The van der Waals surface area contributed by atoms with E-state index in [4.69, 9.17) is 26.9 Å². The first-order valence-corrected chi connectivity index (χ1v) is 6.57. The van der Waals surface area contributed by atoms with Crippen molar-refractivity contribution in [1.82, 2.24) is 5.32 Å². The van der Waals surface area contributed by atoms with Gasteiger partial charge in [-0.1, -0.05) is 11.6 Å². The molecule has 0 atom stereocenters. The molecule has 0 fully saturated rings. The monoisotopic (exact) mass is 329 g/mol. The fraction of sp³-hybridized carbons (Fsp3) is 0.556. The number of rotatable bonds is 6. The molecule has 92 valence electrons. The maximum atomic E-state index is 9.10. The van der Waals surface area contributed by atoms with E-state index in [-0.39, 0.29) is 19.8 Å². The lowest BCUT2D eigenvalue weighted by Crippen LogP contribution is -2.54. The summed E-state index contributed by atoms with van der Waals surface area (Å²) in [5.41, 5.74) is -1.05. The second kappa shape index (κ2) is 6.30. The van der Waals surface area contributed by atoms with Crippen molar-refractivity contribution in [2.24, 2.45) is 0 Å². The summed E-state index contributed by atoms with van der Waals surface area (Å²) in [7, 11) is 0. The highest BCUT2D eigenvalue weighted by Gasteiger charge is 2.27. The van der Waals surface area contributed by atoms with Crippen LogP contribution >= 0.6 is 38.9 Å². The Balaban J connectivity index is 2.62. The lowest BCUT2D eigenvalue weighted by molar-refractivity contribution is 0.0415. The van der Waals surface area contributed by atoms with Gasteiger partial charge in [-0.3, -0.25) is 0 Å². The number of thiophene rings is 1. The predicted molar refractivity (Wildman–Crippen MR) is 67.9 cm³/mol. The standard InChI is InChI=1S/C9H13BrClNO3S/c10-7-1-6(16-8(7)11)2-12-9(3-13,4-14)5-15/h1,12-15H,2-5H2. The number of aliphatic hydroxyl groups is 3. The maximum Gasteiger partial charge on any atom is 0.107 e. The number of halogens is 2. The third-order valence-corrected chi connectivity index (χ3v) is 4.72. The van der Waals surface area contributed by atoms with Crippen molar-refractivity contribution in [3.8, 4) is 0 Å². The first-order valence-electron chi connectivity index (χ1n) is 4.58. The van der Waals surface area contributed by atoms with Gasteiger partial charge in [0.15, 0.2) is 0 Å². The van der Waals surface area contributed by atoms with E-state index < -0.39 is 5.54 Å². The molecule has 0 spiro atoms. The minimum absolute atomic E-state index is 0.333. The van der Waals surface area contributed by atoms with Crippen LogP contribution in [-0.4, -0.2) is 40.7 Å². The lowest BCUT2D eigenvalue weighted by atomic mass is 10.0. The van der Waals surface area contributed by atoms with Crippen molar-refractivity contribution in [1.29, 1.82) is 0 Å². The van der Waals surface area contributed by atoms with Crippen LogP contribution in [0.2, 0.25) is 4.34 Å². The van der Waals surface area contributed by atoms with Crippen LogP contribution in [0.25, 0.3) is 0 Å². The summed E-state index contributed by atoms with van der Waals surface area (Å²) in [6.07, 6.45) is 0. The van der Waals surface area contributed by atoms with Crippen molar-refractivity contribution in [3.63, 3.8) is 0 Å². The van der Waals surface area contributed by atoms with Crippen LogP contribution in [0.4, 0.5) is 0 Å². The van der Waals surface area contributed by atoms with Gasteiger partial charge in [0.2, 0.25) is 0 Å². The van der Waals surface area contributed by atoms with Crippen LogP contribution in [0.5, 0.6) is 0 Å². The molecule has 1 aromatic rings. The van der Waals surface area contributed by atoms with Gasteiger partial charge in [0.05, 0.1) is 25.4 Å². The molecule has 4 N–H and O–H groups in total. The third-order valence-electron chi connectivity index (χ3n) is 2.24. The quantitative estimate of drug-likeness (QED) is 0.627. The molecule has 1 aromatic heterocycles. The average molecular weight is 331 g/mol. The molecule has 0 saturated heterocycles. The van der Waals surface area contributed by atoms with E-state index in [0.717, 1.165) is 9.35 Å². The molecule has 0 unspecified atom stereocenters. The minimum atomic E-state index is -1.05. The van der Waals surface area contributed by atoms with Crippen molar-refractivity contribution in [2.45, 2.75) is 12.1 Å². The first kappa shape index (κ1) is 14.4. The zero-order chi connectivity index (χ0) is 12.2. The highest BCUT2D eigenvalue weighted by molar-refractivity contribution is 9.10. The Bertz CT molecular complexity index is 316. The van der Waals surface area contributed by atoms with Crippen molar-refractivity contribution in [3.05, 3.63) is 19.8 Å². The molecule has 4 nitrogen and oxygen atoms in total. The second-order valence-electron chi connectivity index (χ2n) is 3.44. The van der Waals surface area contributed by atoms with E-state index in [1.807, 2.05) is 6.07 Å². The Morgan fingerprint density at radius 2 is 1.88 bits per heavy atom. The summed E-state index contributed by atoms with van der Waals surface area (Å²) in [6, 6.07) is 1.86. The first-order chi connectivity index (χ1) is 7.56. The molecule has 0 aliphatic heterocycles. The molecule has 0 aliphatic carbocycles. The molecular formula is C9H13BrClNO3S. The van der Waals surface area contributed by atoms with Gasteiger partial charge in [-0.05, 0) is 22.0 Å². The smallest absolute Gasteiger partial charge is 0.107 e. The van der Waals surface area contributed by atoms with E-state index in [1.165, 1.54) is 11.3 Å². The van der Waals surface area contributed by atoms with E-state index in [1.54, 1.807) is 0 Å². The fourth-order valence-electron chi connectivity index (χ4n) is 1.07. The molecule has 1 rings (SSSR count). The van der Waals surface area contributed by atoms with Crippen LogP contribution in [0, 0.1) is 0 Å². The molecule has 16 heavy (non-hydrogen) atoms. The highest BCUT2D eigenvalue weighted by Crippen LogP contribution is 2.32. The Morgan fingerprint density at radius 1 is 1.31 bits per heavy atom. The number of nitrogens with one attached hydrogen (secondary N) is 1. The Morgan fingerprint density at radius 3 is 2.25 bits per heavy atom. The van der Waals surface area contributed by atoms with E-state index in [0.29, 0.717) is 10.9 Å². The van der Waals surface area contributed by atoms with Gasteiger partial charge in [0.1, 0.15) is 4.34 Å². The van der Waals surface area contributed by atoms with E-state index in [9.17, 15) is 0 Å². The van der Waals surface area contributed by atoms with Gasteiger partial charge < -0.3 is 20.6 Å². The zero-order valence-electron chi connectivity index (χ0n) is 8.41. The molecular weight excluding hydrogens is 318 g/mol. The molecule has 0 aliphatic rings. The summed E-state index contributed by atoms with van der Waals surface area (Å²) in [5, 5.41) is 30.2. The maximum absolute atomic E-state index is 9.10. The van der Waals surface area contributed by atoms with Crippen LogP contribution < -0.4 is 5.32 Å². The fourth-order valence-corrected chi connectivity index (χ4v) is 2.80. The summed E-state index contributed by atoms with van der Waals surface area (Å²) in [5.74, 6) is 0. The Kier molecular flexibility index (Phi) is 5.66. The van der Waals surface area contributed by atoms with Gasteiger partial charge in [-0.15, -0.1) is 11.3 Å². The molecule has 0 bridgehead atoms. The van der Waals surface area contributed by atoms with E-state index >= 15 is 0 Å². The van der Waals surface area contributed by atoms with Crippen LogP contribution in [0.3, 0.4) is 0 Å². The largest absolute Gasteiger partial charge is 0.394 e. The van der Waals surface area contributed by atoms with Gasteiger partial charge in [0, 0.05) is 15.9 Å². The zero-order valence-corrected chi connectivity index (χ0v) is 11.6. The van der Waals surface area contributed by atoms with Crippen molar-refractivity contribution >= 4 is 38.9 Å². The minimum Gasteiger partial charge on any atom is -0.394 e. The third kappa shape index (κ3) is 3.40. The molecule has 0 aromatic carbocycles. The van der Waals surface area contributed by atoms with Crippen molar-refractivity contribution in [2.75, 3.05) is 19.8 Å². The van der Waals surface area contributed by atoms with Crippen LogP contribution in [0.1, 0.15) is 4.88 Å². The number of aliphatic hydroxyl groups excluding tert-OH is 3. The highest BCUT2D eigenvalue weighted by atomic mass is 79.9.